The summed E-state index contributed by atoms with van der Waals surface area (Å²) < 4.78 is 51.2. The van der Waals surface area contributed by atoms with Crippen LogP contribution in [-0.4, -0.2) is 13.0 Å². The summed E-state index contributed by atoms with van der Waals surface area (Å²) in [5.74, 6) is 0. The molecular formula is C5H9F3O4P-. The van der Waals surface area contributed by atoms with Gasteiger partial charge < -0.3 is 9.42 Å². The van der Waals surface area contributed by atoms with Crippen LogP contribution < -0.4 is 4.89 Å². The second-order valence-electron chi connectivity index (χ2n) is 2.17. The fourth-order valence-corrected chi connectivity index (χ4v) is 1.13. The minimum absolute atomic E-state index is 0.298. The van der Waals surface area contributed by atoms with E-state index in [1.807, 2.05) is 0 Å². The van der Waals surface area contributed by atoms with E-state index in [-0.39, 0.29) is 6.61 Å². The Balaban J connectivity index is 3.88. The monoisotopic (exact) mass is 221 g/mol. The van der Waals surface area contributed by atoms with Crippen LogP contribution in [0.2, 0.25) is 0 Å². The van der Waals surface area contributed by atoms with Gasteiger partial charge in [-0.3, -0.25) is 4.57 Å². The maximum Gasteiger partial charge on any atom is 0.528 e. The van der Waals surface area contributed by atoms with E-state index in [2.05, 4.69) is 9.05 Å². The van der Waals surface area contributed by atoms with Crippen LogP contribution in [0.3, 0.4) is 0 Å². The molecule has 0 heterocycles. The van der Waals surface area contributed by atoms with Crippen molar-refractivity contribution in [1.29, 1.82) is 0 Å². The van der Waals surface area contributed by atoms with E-state index in [4.69, 9.17) is 0 Å². The summed E-state index contributed by atoms with van der Waals surface area (Å²) in [5, 5.41) is 0. The van der Waals surface area contributed by atoms with Crippen molar-refractivity contribution >= 4 is 7.82 Å². The number of phosphoric acid groups is 1. The molecule has 0 aromatic heterocycles. The third-order valence-corrected chi connectivity index (χ3v) is 1.89. The molecule has 0 aliphatic heterocycles. The SMILES string of the molecule is CCCCOP(=O)([O-])OC(F)(F)F. The topological polar surface area (TPSA) is 58.6 Å². The van der Waals surface area contributed by atoms with Gasteiger partial charge in [0.15, 0.2) is 0 Å². The highest BCUT2D eigenvalue weighted by atomic mass is 31.2. The number of alkyl halides is 3. The molecule has 80 valence electrons. The summed E-state index contributed by atoms with van der Waals surface area (Å²) in [6.07, 6.45) is -4.25. The lowest BCUT2D eigenvalue weighted by Crippen LogP contribution is -2.18. The summed E-state index contributed by atoms with van der Waals surface area (Å²) in [6, 6.07) is 0. The fraction of sp³-hybridized carbons (Fsp3) is 1.00. The van der Waals surface area contributed by atoms with Gasteiger partial charge in [0.2, 0.25) is 0 Å². The Morgan fingerprint density at radius 1 is 1.46 bits per heavy atom. The van der Waals surface area contributed by atoms with Crippen LogP contribution in [0.15, 0.2) is 0 Å². The van der Waals surface area contributed by atoms with E-state index < -0.39 is 14.2 Å². The number of hydrogen-bond acceptors (Lipinski definition) is 4. The summed E-state index contributed by atoms with van der Waals surface area (Å²) in [5.41, 5.74) is 0. The Labute approximate surface area is 73.3 Å². The Morgan fingerprint density at radius 2 is 2.00 bits per heavy atom. The molecule has 4 nitrogen and oxygen atoms in total. The molecule has 0 aliphatic carbocycles. The van der Waals surface area contributed by atoms with Gasteiger partial charge in [-0.1, -0.05) is 13.3 Å². The molecule has 0 fully saturated rings. The zero-order valence-corrected chi connectivity index (χ0v) is 7.73. The van der Waals surface area contributed by atoms with Crippen molar-refractivity contribution in [3.8, 4) is 0 Å². The first-order chi connectivity index (χ1) is 5.77. The molecular weight excluding hydrogens is 212 g/mol. The predicted molar refractivity (Wildman–Crippen MR) is 35.6 cm³/mol. The summed E-state index contributed by atoms with van der Waals surface area (Å²) in [7, 11) is -5.22. The quantitative estimate of drug-likeness (QED) is 0.524. The van der Waals surface area contributed by atoms with Crippen molar-refractivity contribution < 1.29 is 31.7 Å². The highest BCUT2D eigenvalue weighted by molar-refractivity contribution is 7.45. The number of hydrogen-bond donors (Lipinski definition) is 0. The first-order valence-corrected chi connectivity index (χ1v) is 4.96. The van der Waals surface area contributed by atoms with Gasteiger partial charge in [0.05, 0.1) is 6.61 Å². The molecule has 0 saturated carbocycles. The predicted octanol–water partition coefficient (Wildman–Crippen LogP) is 1.81. The van der Waals surface area contributed by atoms with E-state index in [9.17, 15) is 22.6 Å². The summed E-state index contributed by atoms with van der Waals surface area (Å²) in [6.45, 7) is 1.44. The van der Waals surface area contributed by atoms with Gasteiger partial charge in [0.1, 0.15) is 0 Å². The first-order valence-electron chi connectivity index (χ1n) is 3.50. The molecule has 0 rings (SSSR count). The molecule has 13 heavy (non-hydrogen) atoms. The lowest BCUT2D eigenvalue weighted by atomic mass is 10.4. The number of phosphoric ester groups is 1. The second kappa shape index (κ2) is 4.95. The van der Waals surface area contributed by atoms with Crippen LogP contribution in [0.4, 0.5) is 13.2 Å². The van der Waals surface area contributed by atoms with Crippen LogP contribution in [0.1, 0.15) is 19.8 Å². The van der Waals surface area contributed by atoms with Crippen LogP contribution in [0, 0.1) is 0 Å². The molecule has 0 aromatic rings. The van der Waals surface area contributed by atoms with E-state index in [0.29, 0.717) is 12.8 Å². The maximum absolute atomic E-state index is 11.4. The van der Waals surface area contributed by atoms with E-state index in [0.717, 1.165) is 0 Å². The third kappa shape index (κ3) is 8.24. The van der Waals surface area contributed by atoms with Gasteiger partial charge in [-0.05, 0) is 6.42 Å². The van der Waals surface area contributed by atoms with Gasteiger partial charge in [-0.2, -0.15) is 0 Å². The van der Waals surface area contributed by atoms with Crippen molar-refractivity contribution in [1.82, 2.24) is 0 Å². The lowest BCUT2D eigenvalue weighted by Gasteiger charge is -2.23. The minimum atomic E-state index is -5.22. The first kappa shape index (κ1) is 12.9. The van der Waals surface area contributed by atoms with Crippen molar-refractivity contribution in [2.75, 3.05) is 6.61 Å². The summed E-state index contributed by atoms with van der Waals surface area (Å²) in [4.78, 5) is 10.4. The molecule has 1 unspecified atom stereocenters. The summed E-state index contributed by atoms with van der Waals surface area (Å²) >= 11 is 0. The van der Waals surface area contributed by atoms with Crippen molar-refractivity contribution in [3.63, 3.8) is 0 Å². The van der Waals surface area contributed by atoms with Gasteiger partial charge in [0, 0.05) is 0 Å². The molecule has 1 atom stereocenters. The zero-order valence-electron chi connectivity index (χ0n) is 6.84. The average Bonchev–Trinajstić information content (AvgIpc) is 1.81. The maximum atomic E-state index is 11.4. The number of unbranched alkanes of at least 4 members (excludes halogenated alkanes) is 1. The molecule has 8 heteroatoms. The lowest BCUT2D eigenvalue weighted by molar-refractivity contribution is -0.322. The zero-order chi connectivity index (χ0) is 10.5. The van der Waals surface area contributed by atoms with Crippen molar-refractivity contribution in [3.05, 3.63) is 0 Å². The van der Waals surface area contributed by atoms with Crippen LogP contribution in [-0.2, 0) is 13.6 Å². The Hall–Kier alpha value is -0.100. The Bertz CT molecular complexity index is 193. The van der Waals surface area contributed by atoms with Crippen LogP contribution in [0.5, 0.6) is 0 Å². The van der Waals surface area contributed by atoms with Gasteiger partial charge >= 0.3 is 6.36 Å². The molecule has 0 bridgehead atoms. The van der Waals surface area contributed by atoms with Crippen molar-refractivity contribution in [2.45, 2.75) is 26.1 Å². The Morgan fingerprint density at radius 3 is 2.38 bits per heavy atom. The van der Waals surface area contributed by atoms with Gasteiger partial charge in [-0.25, -0.2) is 4.52 Å². The molecule has 0 spiro atoms. The normalized spacial score (nSPS) is 17.0. The van der Waals surface area contributed by atoms with Gasteiger partial charge in [-0.15, -0.1) is 13.2 Å². The highest BCUT2D eigenvalue weighted by Gasteiger charge is 2.35. The second-order valence-corrected chi connectivity index (χ2v) is 3.51. The average molecular weight is 221 g/mol. The molecule has 0 N–H and O–H groups in total. The standard InChI is InChI=1S/C5H10F3O4P/c1-2-3-4-11-13(9,10)12-5(6,7)8/h2-4H2,1H3,(H,9,10)/p-1. The highest BCUT2D eigenvalue weighted by Crippen LogP contribution is 2.44. The van der Waals surface area contributed by atoms with E-state index in [1.165, 1.54) is 0 Å². The van der Waals surface area contributed by atoms with Gasteiger partial charge in [0.25, 0.3) is 7.82 Å². The van der Waals surface area contributed by atoms with Crippen molar-refractivity contribution in [2.24, 2.45) is 0 Å². The minimum Gasteiger partial charge on any atom is -0.756 e. The number of halogens is 3. The van der Waals surface area contributed by atoms with E-state index >= 15 is 0 Å². The van der Waals surface area contributed by atoms with E-state index in [1.54, 1.807) is 6.92 Å². The molecule has 0 aromatic carbocycles. The molecule has 0 aliphatic rings. The third-order valence-electron chi connectivity index (χ3n) is 0.963. The smallest absolute Gasteiger partial charge is 0.528 e. The molecule has 0 saturated heterocycles. The Kier molecular flexibility index (Phi) is 4.91. The molecule has 0 radical (unpaired) electrons. The van der Waals surface area contributed by atoms with Crippen LogP contribution in [0.25, 0.3) is 0 Å². The largest absolute Gasteiger partial charge is 0.756 e. The fourth-order valence-electron chi connectivity index (χ4n) is 0.474. The molecule has 0 amide bonds. The van der Waals surface area contributed by atoms with Crippen LogP contribution >= 0.6 is 7.82 Å². The number of rotatable bonds is 5.